The van der Waals surface area contributed by atoms with Gasteiger partial charge in [0.05, 0.1) is 6.61 Å². The lowest BCUT2D eigenvalue weighted by Gasteiger charge is -2.21. The molecule has 0 fully saturated rings. The average molecular weight is 227 g/mol. The number of aliphatic hydroxyl groups is 1. The molecule has 0 aliphatic heterocycles. The maximum absolute atomic E-state index is 13.6. The summed E-state index contributed by atoms with van der Waals surface area (Å²) in [5, 5.41) is 8.80. The fraction of sp³-hybridized carbons (Fsp3) is 0.333. The summed E-state index contributed by atoms with van der Waals surface area (Å²) in [7, 11) is 1.59. The zero-order valence-electron chi connectivity index (χ0n) is 9.43. The van der Waals surface area contributed by atoms with Crippen LogP contribution in [0, 0.1) is 11.6 Å². The first kappa shape index (κ1) is 12.6. The Balaban J connectivity index is 3.08. The van der Waals surface area contributed by atoms with Gasteiger partial charge in [-0.2, -0.15) is 0 Å². The molecule has 0 spiro atoms. The van der Waals surface area contributed by atoms with E-state index >= 15 is 0 Å². The molecule has 0 atom stereocenters. The molecule has 1 aromatic carbocycles. The predicted molar refractivity (Wildman–Crippen MR) is 60.4 cm³/mol. The van der Waals surface area contributed by atoms with Gasteiger partial charge in [0.2, 0.25) is 0 Å². The summed E-state index contributed by atoms with van der Waals surface area (Å²) in [6.07, 6.45) is 0. The molecule has 1 N–H and O–H groups in total. The maximum Gasteiger partial charge on any atom is 0.149 e. The van der Waals surface area contributed by atoms with Crippen molar-refractivity contribution in [2.45, 2.75) is 13.5 Å². The Kier molecular flexibility index (Phi) is 4.01. The van der Waals surface area contributed by atoms with Crippen molar-refractivity contribution in [3.8, 4) is 0 Å². The molecule has 0 saturated carbocycles. The summed E-state index contributed by atoms with van der Waals surface area (Å²) in [6.45, 7) is 5.48. The second-order valence-corrected chi connectivity index (χ2v) is 3.88. The molecule has 0 aromatic heterocycles. The quantitative estimate of drug-likeness (QED) is 0.799. The number of benzene rings is 1. The van der Waals surface area contributed by atoms with Gasteiger partial charge in [-0.3, -0.25) is 0 Å². The van der Waals surface area contributed by atoms with Crippen LogP contribution in [-0.2, 0) is 6.61 Å². The molecule has 0 aliphatic carbocycles. The first-order valence-corrected chi connectivity index (χ1v) is 4.90. The van der Waals surface area contributed by atoms with Gasteiger partial charge in [-0.1, -0.05) is 12.2 Å². The smallest absolute Gasteiger partial charge is 0.149 e. The Hall–Kier alpha value is -1.42. The number of aliphatic hydroxyl groups excluding tert-OH is 1. The summed E-state index contributed by atoms with van der Waals surface area (Å²) in [4.78, 5) is 1.45. The summed E-state index contributed by atoms with van der Waals surface area (Å²) < 4.78 is 27.2. The molecule has 1 aromatic rings. The molecular formula is C12H15F2NO. The Morgan fingerprint density at radius 3 is 2.25 bits per heavy atom. The lowest BCUT2D eigenvalue weighted by Crippen LogP contribution is -2.21. The van der Waals surface area contributed by atoms with Gasteiger partial charge in [0.25, 0.3) is 0 Å². The van der Waals surface area contributed by atoms with Crippen LogP contribution in [0.2, 0.25) is 0 Å². The third kappa shape index (κ3) is 2.79. The van der Waals surface area contributed by atoms with Crippen molar-refractivity contribution in [3.05, 3.63) is 41.5 Å². The summed E-state index contributed by atoms with van der Waals surface area (Å²) in [6, 6.07) is 2.26. The molecular weight excluding hydrogens is 212 g/mol. The number of nitrogens with zero attached hydrogens (tertiary/aromatic N) is 1. The van der Waals surface area contributed by atoms with Gasteiger partial charge >= 0.3 is 0 Å². The SMILES string of the molecule is C=C(C)CN(C)c1c(F)cc(CO)cc1F. The standard InChI is InChI=1S/C12H15F2NO/c1-8(2)6-15(3)12-10(13)4-9(7-16)5-11(12)14/h4-5,16H,1,6-7H2,2-3H3. The van der Waals surface area contributed by atoms with Crippen molar-refractivity contribution in [2.75, 3.05) is 18.5 Å². The molecule has 88 valence electrons. The van der Waals surface area contributed by atoms with E-state index < -0.39 is 11.6 Å². The van der Waals surface area contributed by atoms with E-state index in [1.54, 1.807) is 14.0 Å². The van der Waals surface area contributed by atoms with E-state index in [1.165, 1.54) is 4.90 Å². The van der Waals surface area contributed by atoms with E-state index in [9.17, 15) is 8.78 Å². The van der Waals surface area contributed by atoms with Crippen LogP contribution in [-0.4, -0.2) is 18.7 Å². The highest BCUT2D eigenvalue weighted by Crippen LogP contribution is 2.24. The lowest BCUT2D eigenvalue weighted by molar-refractivity contribution is 0.280. The van der Waals surface area contributed by atoms with Crippen molar-refractivity contribution in [1.82, 2.24) is 0 Å². The fourth-order valence-electron chi connectivity index (χ4n) is 1.56. The van der Waals surface area contributed by atoms with E-state index in [-0.39, 0.29) is 17.9 Å². The number of hydrogen-bond acceptors (Lipinski definition) is 2. The average Bonchev–Trinajstić information content (AvgIpc) is 2.15. The predicted octanol–water partition coefficient (Wildman–Crippen LogP) is 2.47. The molecule has 1 rings (SSSR count). The Bertz CT molecular complexity index is 381. The van der Waals surface area contributed by atoms with E-state index in [0.717, 1.165) is 17.7 Å². The summed E-state index contributed by atoms with van der Waals surface area (Å²) in [5.41, 5.74) is 0.940. The molecule has 2 nitrogen and oxygen atoms in total. The van der Waals surface area contributed by atoms with Gasteiger partial charge in [0.15, 0.2) is 0 Å². The van der Waals surface area contributed by atoms with Crippen molar-refractivity contribution >= 4 is 5.69 Å². The molecule has 0 unspecified atom stereocenters. The molecule has 0 saturated heterocycles. The third-order valence-electron chi connectivity index (χ3n) is 2.15. The van der Waals surface area contributed by atoms with Gasteiger partial charge < -0.3 is 10.0 Å². The number of hydrogen-bond donors (Lipinski definition) is 1. The van der Waals surface area contributed by atoms with Crippen LogP contribution in [0.1, 0.15) is 12.5 Å². The second kappa shape index (κ2) is 5.07. The lowest BCUT2D eigenvalue weighted by atomic mass is 10.1. The van der Waals surface area contributed by atoms with Crippen molar-refractivity contribution in [1.29, 1.82) is 0 Å². The largest absolute Gasteiger partial charge is 0.392 e. The van der Waals surface area contributed by atoms with Crippen molar-refractivity contribution < 1.29 is 13.9 Å². The van der Waals surface area contributed by atoms with Gasteiger partial charge in [-0.05, 0) is 24.6 Å². The highest BCUT2D eigenvalue weighted by molar-refractivity contribution is 5.50. The molecule has 4 heteroatoms. The maximum atomic E-state index is 13.6. The van der Waals surface area contributed by atoms with Gasteiger partial charge in [0.1, 0.15) is 17.3 Å². The first-order valence-electron chi connectivity index (χ1n) is 4.90. The zero-order valence-corrected chi connectivity index (χ0v) is 9.43. The monoisotopic (exact) mass is 227 g/mol. The minimum absolute atomic E-state index is 0.0970. The van der Waals surface area contributed by atoms with E-state index in [4.69, 9.17) is 5.11 Å². The topological polar surface area (TPSA) is 23.5 Å². The number of likely N-dealkylation sites (N-methyl/N-ethyl adjacent to an activating group) is 1. The van der Waals surface area contributed by atoms with Crippen LogP contribution in [0.15, 0.2) is 24.3 Å². The highest BCUT2D eigenvalue weighted by Gasteiger charge is 2.14. The van der Waals surface area contributed by atoms with Gasteiger partial charge in [-0.25, -0.2) is 8.78 Å². The van der Waals surface area contributed by atoms with Crippen molar-refractivity contribution in [3.63, 3.8) is 0 Å². The second-order valence-electron chi connectivity index (χ2n) is 3.88. The van der Waals surface area contributed by atoms with Crippen LogP contribution in [0.25, 0.3) is 0 Å². The van der Waals surface area contributed by atoms with Crippen LogP contribution < -0.4 is 4.90 Å². The van der Waals surface area contributed by atoms with Crippen LogP contribution in [0.5, 0.6) is 0 Å². The van der Waals surface area contributed by atoms with E-state index in [0.29, 0.717) is 6.54 Å². The van der Waals surface area contributed by atoms with Gasteiger partial charge in [0, 0.05) is 13.6 Å². The van der Waals surface area contributed by atoms with Crippen molar-refractivity contribution in [2.24, 2.45) is 0 Å². The summed E-state index contributed by atoms with van der Waals surface area (Å²) >= 11 is 0. The molecule has 0 heterocycles. The number of halogens is 2. The Labute approximate surface area is 93.8 Å². The van der Waals surface area contributed by atoms with Gasteiger partial charge in [-0.15, -0.1) is 0 Å². The van der Waals surface area contributed by atoms with Crippen LogP contribution in [0.3, 0.4) is 0 Å². The zero-order chi connectivity index (χ0) is 12.3. The highest BCUT2D eigenvalue weighted by atomic mass is 19.1. The minimum atomic E-state index is -0.673. The number of rotatable bonds is 4. The Morgan fingerprint density at radius 2 is 1.88 bits per heavy atom. The fourth-order valence-corrected chi connectivity index (χ4v) is 1.56. The molecule has 0 radical (unpaired) electrons. The first-order chi connectivity index (χ1) is 7.45. The third-order valence-corrected chi connectivity index (χ3v) is 2.15. The molecule has 0 amide bonds. The molecule has 0 bridgehead atoms. The van der Waals surface area contributed by atoms with Crippen LogP contribution in [0.4, 0.5) is 14.5 Å². The minimum Gasteiger partial charge on any atom is -0.392 e. The Morgan fingerprint density at radius 1 is 1.38 bits per heavy atom. The number of anilines is 1. The molecule has 0 aliphatic rings. The molecule has 16 heavy (non-hydrogen) atoms. The van der Waals surface area contributed by atoms with E-state index in [2.05, 4.69) is 6.58 Å². The summed E-state index contributed by atoms with van der Waals surface area (Å²) in [5.74, 6) is -1.35. The van der Waals surface area contributed by atoms with Crippen LogP contribution >= 0.6 is 0 Å². The van der Waals surface area contributed by atoms with E-state index in [1.807, 2.05) is 0 Å². The normalized spacial score (nSPS) is 10.3.